The van der Waals surface area contributed by atoms with Crippen molar-refractivity contribution in [3.8, 4) is 0 Å². The minimum absolute atomic E-state index is 0.746. The van der Waals surface area contributed by atoms with Gasteiger partial charge in [-0.25, -0.2) is 0 Å². The normalized spacial score (nSPS) is 23.2. The smallest absolute Gasteiger partial charge is 0.0852 e. The van der Waals surface area contributed by atoms with Gasteiger partial charge in [0.05, 0.1) is 5.70 Å². The van der Waals surface area contributed by atoms with Gasteiger partial charge in [0.25, 0.3) is 0 Å². The van der Waals surface area contributed by atoms with E-state index in [9.17, 15) is 4.91 Å². The molecular weight excluding hydrogens is 150 g/mol. The maximum absolute atomic E-state index is 10.3. The Labute approximate surface area is 72.3 Å². The second kappa shape index (κ2) is 3.21. The lowest BCUT2D eigenvalue weighted by Gasteiger charge is -2.22. The summed E-state index contributed by atoms with van der Waals surface area (Å²) in [5, 5.41) is 3.02. The number of nitrogens with zero attached hydrogens (tertiary/aromatic N) is 1. The van der Waals surface area contributed by atoms with Crippen LogP contribution in [0.5, 0.6) is 0 Å². The van der Waals surface area contributed by atoms with E-state index < -0.39 is 0 Å². The average Bonchev–Trinajstić information content (AvgIpc) is 2.17. The lowest BCUT2D eigenvalue weighted by molar-refractivity contribution is 0.639. The molecule has 0 heterocycles. The molecule has 0 aliphatic heterocycles. The van der Waals surface area contributed by atoms with Crippen molar-refractivity contribution in [2.45, 2.75) is 38.5 Å². The van der Waals surface area contributed by atoms with Crippen LogP contribution in [0.2, 0.25) is 0 Å². The Bertz CT molecular complexity index is 263. The maximum Gasteiger partial charge on any atom is 0.0852 e. The largest absolute Gasteiger partial charge is 0.145 e. The molecular formula is C10H13NO. The number of hydrogen-bond acceptors (Lipinski definition) is 2. The monoisotopic (exact) mass is 163 g/mol. The lowest BCUT2D eigenvalue weighted by Crippen LogP contribution is -2.04. The Morgan fingerprint density at radius 2 is 1.92 bits per heavy atom. The van der Waals surface area contributed by atoms with Gasteiger partial charge in [-0.1, -0.05) is 17.2 Å². The van der Waals surface area contributed by atoms with Crippen molar-refractivity contribution in [2.75, 3.05) is 0 Å². The predicted octanol–water partition coefficient (Wildman–Crippen LogP) is 3.30. The third kappa shape index (κ3) is 1.33. The molecule has 0 unspecified atom stereocenters. The van der Waals surface area contributed by atoms with Crippen LogP contribution in [0.1, 0.15) is 38.5 Å². The zero-order valence-corrected chi connectivity index (χ0v) is 7.18. The highest BCUT2D eigenvalue weighted by Gasteiger charge is 2.17. The number of hydrogen-bond donors (Lipinski definition) is 0. The second-order valence-electron chi connectivity index (χ2n) is 3.58. The van der Waals surface area contributed by atoms with Gasteiger partial charge in [-0.2, -0.15) is 0 Å². The van der Waals surface area contributed by atoms with Gasteiger partial charge in [0.1, 0.15) is 0 Å². The van der Waals surface area contributed by atoms with E-state index in [1.54, 1.807) is 5.57 Å². The third-order valence-electron chi connectivity index (χ3n) is 2.80. The second-order valence-corrected chi connectivity index (χ2v) is 3.58. The van der Waals surface area contributed by atoms with Crippen LogP contribution < -0.4 is 0 Å². The van der Waals surface area contributed by atoms with E-state index in [0.29, 0.717) is 0 Å². The molecule has 0 aromatic carbocycles. The highest BCUT2D eigenvalue weighted by molar-refractivity contribution is 5.29. The topological polar surface area (TPSA) is 29.4 Å². The number of allylic oxidation sites excluding steroid dienone is 3. The predicted molar refractivity (Wildman–Crippen MR) is 48.6 cm³/mol. The molecule has 0 fully saturated rings. The Kier molecular flexibility index (Phi) is 2.07. The van der Waals surface area contributed by atoms with Gasteiger partial charge >= 0.3 is 0 Å². The fourth-order valence-corrected chi connectivity index (χ4v) is 2.09. The molecule has 0 N–H and O–H groups in total. The van der Waals surface area contributed by atoms with Crippen LogP contribution in [0, 0.1) is 4.91 Å². The summed E-state index contributed by atoms with van der Waals surface area (Å²) in [5.41, 5.74) is 3.82. The molecule has 0 spiro atoms. The molecule has 0 saturated carbocycles. The van der Waals surface area contributed by atoms with Gasteiger partial charge < -0.3 is 0 Å². The van der Waals surface area contributed by atoms with Crippen molar-refractivity contribution in [1.82, 2.24) is 0 Å². The van der Waals surface area contributed by atoms with E-state index in [0.717, 1.165) is 18.5 Å². The molecule has 2 heteroatoms. The highest BCUT2D eigenvalue weighted by atomic mass is 16.3. The molecule has 0 aromatic rings. The van der Waals surface area contributed by atoms with Crippen LogP contribution in [-0.4, -0.2) is 0 Å². The summed E-state index contributed by atoms with van der Waals surface area (Å²) in [6.07, 6.45) is 8.87. The zero-order valence-electron chi connectivity index (χ0n) is 7.18. The Hall–Kier alpha value is -0.920. The fraction of sp³-hybridized carbons (Fsp3) is 0.600. The molecule has 12 heavy (non-hydrogen) atoms. The third-order valence-corrected chi connectivity index (χ3v) is 2.80. The molecule has 0 aromatic heterocycles. The average molecular weight is 163 g/mol. The first kappa shape index (κ1) is 7.71. The standard InChI is InChI=1S/C10H13NO/c12-11-10-6-5-8-3-1-2-4-9(8)7-10/h6H,1-5,7H2. The van der Waals surface area contributed by atoms with Crippen molar-refractivity contribution in [3.05, 3.63) is 27.8 Å². The first-order valence-corrected chi connectivity index (χ1v) is 4.62. The fourth-order valence-electron chi connectivity index (χ4n) is 2.09. The summed E-state index contributed by atoms with van der Waals surface area (Å²) in [4.78, 5) is 10.3. The minimum atomic E-state index is 0.746. The number of rotatable bonds is 1. The van der Waals surface area contributed by atoms with E-state index in [2.05, 4.69) is 5.18 Å². The van der Waals surface area contributed by atoms with Crippen molar-refractivity contribution < 1.29 is 0 Å². The van der Waals surface area contributed by atoms with Gasteiger partial charge in [0, 0.05) is 6.42 Å². The van der Waals surface area contributed by atoms with E-state index in [-0.39, 0.29) is 0 Å². The summed E-state index contributed by atoms with van der Waals surface area (Å²) in [5.74, 6) is 0. The first-order valence-electron chi connectivity index (χ1n) is 4.62. The molecule has 0 atom stereocenters. The number of nitroso groups, excluding NO2 is 1. The van der Waals surface area contributed by atoms with Gasteiger partial charge in [-0.15, -0.1) is 4.91 Å². The van der Waals surface area contributed by atoms with Gasteiger partial charge in [-0.05, 0) is 37.3 Å². The first-order chi connectivity index (χ1) is 5.90. The minimum Gasteiger partial charge on any atom is -0.145 e. The van der Waals surface area contributed by atoms with Crippen molar-refractivity contribution in [3.63, 3.8) is 0 Å². The lowest BCUT2D eigenvalue weighted by atomic mass is 9.84. The van der Waals surface area contributed by atoms with Gasteiger partial charge in [0.2, 0.25) is 0 Å². The van der Waals surface area contributed by atoms with Crippen LogP contribution in [0.4, 0.5) is 0 Å². The van der Waals surface area contributed by atoms with Crippen molar-refractivity contribution in [1.29, 1.82) is 0 Å². The van der Waals surface area contributed by atoms with Gasteiger partial charge in [0.15, 0.2) is 0 Å². The van der Waals surface area contributed by atoms with Gasteiger partial charge in [-0.3, -0.25) is 0 Å². The Balaban J connectivity index is 2.14. The molecule has 2 rings (SSSR count). The molecule has 64 valence electrons. The Morgan fingerprint density at radius 1 is 1.17 bits per heavy atom. The molecule has 2 aliphatic carbocycles. The van der Waals surface area contributed by atoms with Crippen LogP contribution in [-0.2, 0) is 0 Å². The van der Waals surface area contributed by atoms with E-state index in [1.807, 2.05) is 6.08 Å². The molecule has 0 bridgehead atoms. The van der Waals surface area contributed by atoms with E-state index >= 15 is 0 Å². The van der Waals surface area contributed by atoms with Crippen LogP contribution in [0.15, 0.2) is 28.1 Å². The van der Waals surface area contributed by atoms with Crippen LogP contribution >= 0.6 is 0 Å². The summed E-state index contributed by atoms with van der Waals surface area (Å²) < 4.78 is 0. The van der Waals surface area contributed by atoms with Crippen molar-refractivity contribution >= 4 is 0 Å². The molecule has 0 amide bonds. The van der Waals surface area contributed by atoms with Crippen LogP contribution in [0.3, 0.4) is 0 Å². The highest BCUT2D eigenvalue weighted by Crippen LogP contribution is 2.35. The zero-order chi connectivity index (χ0) is 8.39. The van der Waals surface area contributed by atoms with E-state index in [1.165, 1.54) is 31.3 Å². The quantitative estimate of drug-likeness (QED) is 0.430. The summed E-state index contributed by atoms with van der Waals surface area (Å²) in [6, 6.07) is 0. The SMILES string of the molecule is O=NC1=CCC2=C(CCCC2)C1. The summed E-state index contributed by atoms with van der Waals surface area (Å²) in [6.45, 7) is 0. The molecule has 2 nitrogen and oxygen atoms in total. The van der Waals surface area contributed by atoms with Crippen LogP contribution in [0.25, 0.3) is 0 Å². The summed E-state index contributed by atoms with van der Waals surface area (Å²) >= 11 is 0. The Morgan fingerprint density at radius 3 is 2.67 bits per heavy atom. The molecule has 0 radical (unpaired) electrons. The maximum atomic E-state index is 10.3. The van der Waals surface area contributed by atoms with E-state index in [4.69, 9.17) is 0 Å². The van der Waals surface area contributed by atoms with Crippen molar-refractivity contribution in [2.24, 2.45) is 5.18 Å². The molecule has 0 saturated heterocycles. The molecule has 2 aliphatic rings. The summed E-state index contributed by atoms with van der Waals surface area (Å²) in [7, 11) is 0.